The first-order valence-electron chi connectivity index (χ1n) is 7.62. The van der Waals surface area contributed by atoms with Gasteiger partial charge in [-0.15, -0.1) is 0 Å². The van der Waals surface area contributed by atoms with Crippen LogP contribution in [0.4, 0.5) is 0 Å². The highest BCUT2D eigenvalue weighted by molar-refractivity contribution is 5.70. The average molecular weight is 297 g/mol. The van der Waals surface area contributed by atoms with Crippen molar-refractivity contribution >= 4 is 5.97 Å². The van der Waals surface area contributed by atoms with Gasteiger partial charge in [-0.25, -0.2) is 0 Å². The molecule has 0 heterocycles. The fourth-order valence-electron chi connectivity index (χ4n) is 2.50. The van der Waals surface area contributed by atoms with Crippen LogP contribution in [-0.4, -0.2) is 22.0 Å². The summed E-state index contributed by atoms with van der Waals surface area (Å²) in [5, 5.41) is 9.31. The molecule has 0 amide bonds. The largest absolute Gasteiger partial charge is 0.481 e. The van der Waals surface area contributed by atoms with Gasteiger partial charge in [0, 0.05) is 19.1 Å². The van der Waals surface area contributed by atoms with Gasteiger partial charge in [-0.05, 0) is 18.1 Å². The van der Waals surface area contributed by atoms with Crippen molar-refractivity contribution in [3.63, 3.8) is 0 Å². The van der Waals surface area contributed by atoms with Gasteiger partial charge in [0.1, 0.15) is 0 Å². The molecule has 0 aromatic heterocycles. The number of hydrogen-bond acceptors (Lipinski definition) is 2. The lowest BCUT2D eigenvalue weighted by Crippen LogP contribution is -2.39. The Hall–Kier alpha value is -2.13. The molecule has 1 N–H and O–H groups in total. The van der Waals surface area contributed by atoms with Gasteiger partial charge in [0.25, 0.3) is 0 Å². The van der Waals surface area contributed by atoms with E-state index in [2.05, 4.69) is 29.2 Å². The summed E-state index contributed by atoms with van der Waals surface area (Å²) >= 11 is 0. The van der Waals surface area contributed by atoms with Crippen molar-refractivity contribution in [2.75, 3.05) is 0 Å². The summed E-state index contributed by atoms with van der Waals surface area (Å²) in [6, 6.07) is 20.3. The highest BCUT2D eigenvalue weighted by Crippen LogP contribution is 2.18. The fraction of sp³-hybridized carbons (Fsp3) is 0.316. The summed E-state index contributed by atoms with van der Waals surface area (Å²) in [5.74, 6) is -1.16. The first-order chi connectivity index (χ1) is 10.6. The first-order valence-corrected chi connectivity index (χ1v) is 7.62. The molecule has 0 fully saturated rings. The summed E-state index contributed by atoms with van der Waals surface area (Å²) < 4.78 is 0. The zero-order chi connectivity index (χ0) is 15.9. The van der Waals surface area contributed by atoms with Crippen molar-refractivity contribution in [3.8, 4) is 0 Å². The Morgan fingerprint density at radius 2 is 1.32 bits per heavy atom. The minimum atomic E-state index is -0.751. The van der Waals surface area contributed by atoms with E-state index in [0.717, 1.165) is 13.1 Å². The van der Waals surface area contributed by atoms with E-state index in [1.54, 1.807) is 6.92 Å². The molecule has 0 saturated carbocycles. The number of rotatable bonds is 7. The predicted octanol–water partition coefficient (Wildman–Crippen LogP) is 3.80. The lowest BCUT2D eigenvalue weighted by Gasteiger charge is -2.31. The quantitative estimate of drug-likeness (QED) is 0.845. The molecule has 2 aromatic rings. The Balaban J connectivity index is 2.18. The van der Waals surface area contributed by atoms with Crippen LogP contribution in [0.3, 0.4) is 0 Å². The third-order valence-electron chi connectivity index (χ3n) is 4.15. The first kappa shape index (κ1) is 16.2. The number of carboxylic acid groups (broad SMARTS) is 1. The van der Waals surface area contributed by atoms with Gasteiger partial charge in [0.2, 0.25) is 0 Å². The maximum atomic E-state index is 11.3. The number of nitrogens with zero attached hydrogens (tertiary/aromatic N) is 1. The zero-order valence-corrected chi connectivity index (χ0v) is 13.1. The molecule has 3 nitrogen and oxygen atoms in total. The third kappa shape index (κ3) is 4.43. The van der Waals surface area contributed by atoms with Gasteiger partial charge < -0.3 is 5.11 Å². The Labute approximate surface area is 132 Å². The molecule has 0 bridgehead atoms. The number of hydrogen-bond donors (Lipinski definition) is 1. The second kappa shape index (κ2) is 7.76. The molecule has 0 aliphatic heterocycles. The lowest BCUT2D eigenvalue weighted by atomic mass is 10.0. The van der Waals surface area contributed by atoms with Crippen LogP contribution in [-0.2, 0) is 17.9 Å². The Kier molecular flexibility index (Phi) is 5.73. The Morgan fingerprint density at radius 3 is 1.68 bits per heavy atom. The van der Waals surface area contributed by atoms with Crippen molar-refractivity contribution in [2.45, 2.75) is 33.0 Å². The molecule has 0 unspecified atom stereocenters. The van der Waals surface area contributed by atoms with E-state index >= 15 is 0 Å². The Morgan fingerprint density at radius 1 is 0.909 bits per heavy atom. The van der Waals surface area contributed by atoms with Crippen molar-refractivity contribution in [1.29, 1.82) is 0 Å². The van der Waals surface area contributed by atoms with Crippen LogP contribution in [0, 0.1) is 5.92 Å². The van der Waals surface area contributed by atoms with E-state index in [4.69, 9.17) is 0 Å². The molecule has 0 radical (unpaired) electrons. The molecule has 3 heteroatoms. The van der Waals surface area contributed by atoms with E-state index in [-0.39, 0.29) is 6.04 Å². The molecule has 0 spiro atoms. The maximum absolute atomic E-state index is 11.3. The Bertz CT molecular complexity index is 541. The van der Waals surface area contributed by atoms with Crippen molar-refractivity contribution in [2.24, 2.45) is 5.92 Å². The predicted molar refractivity (Wildman–Crippen MR) is 88.4 cm³/mol. The summed E-state index contributed by atoms with van der Waals surface area (Å²) in [7, 11) is 0. The van der Waals surface area contributed by atoms with E-state index < -0.39 is 11.9 Å². The minimum Gasteiger partial charge on any atom is -0.481 e. The monoisotopic (exact) mass is 297 g/mol. The number of aliphatic carboxylic acids is 1. The number of carbonyl (C=O) groups is 1. The SMILES string of the molecule is C[C@H](C(=O)O)[C@H](C)N(Cc1ccccc1)Cc1ccccc1. The van der Waals surface area contributed by atoms with Gasteiger partial charge in [0.15, 0.2) is 0 Å². The molecular formula is C19H23NO2. The van der Waals surface area contributed by atoms with E-state index in [1.807, 2.05) is 43.3 Å². The molecule has 2 rings (SSSR count). The van der Waals surface area contributed by atoms with Crippen molar-refractivity contribution in [1.82, 2.24) is 4.90 Å². The van der Waals surface area contributed by atoms with Crippen LogP contribution in [0.2, 0.25) is 0 Å². The normalized spacial score (nSPS) is 13.8. The molecule has 0 aliphatic rings. The standard InChI is InChI=1S/C19H23NO2/c1-15(19(21)22)16(2)20(13-17-9-5-3-6-10-17)14-18-11-7-4-8-12-18/h3-12,15-16H,13-14H2,1-2H3,(H,21,22)/t15-,16-/m0/s1. The third-order valence-corrected chi connectivity index (χ3v) is 4.15. The van der Waals surface area contributed by atoms with Crippen LogP contribution in [0.25, 0.3) is 0 Å². The van der Waals surface area contributed by atoms with E-state index in [0.29, 0.717) is 0 Å². The van der Waals surface area contributed by atoms with E-state index in [1.165, 1.54) is 11.1 Å². The smallest absolute Gasteiger partial charge is 0.307 e. The van der Waals surface area contributed by atoms with Crippen molar-refractivity contribution < 1.29 is 9.90 Å². The fourth-order valence-corrected chi connectivity index (χ4v) is 2.50. The van der Waals surface area contributed by atoms with Gasteiger partial charge in [-0.3, -0.25) is 9.69 Å². The molecule has 0 aliphatic carbocycles. The van der Waals surface area contributed by atoms with Crippen LogP contribution < -0.4 is 0 Å². The van der Waals surface area contributed by atoms with E-state index in [9.17, 15) is 9.90 Å². The van der Waals surface area contributed by atoms with Crippen LogP contribution >= 0.6 is 0 Å². The number of benzene rings is 2. The summed E-state index contributed by atoms with van der Waals surface area (Å²) in [6.07, 6.45) is 0. The summed E-state index contributed by atoms with van der Waals surface area (Å²) in [5.41, 5.74) is 2.39. The molecule has 2 aromatic carbocycles. The molecule has 116 valence electrons. The molecule has 2 atom stereocenters. The van der Waals surface area contributed by atoms with Gasteiger partial charge in [0.05, 0.1) is 5.92 Å². The van der Waals surface area contributed by atoms with Crippen LogP contribution in [0.1, 0.15) is 25.0 Å². The highest BCUT2D eigenvalue weighted by atomic mass is 16.4. The minimum absolute atomic E-state index is 0.0436. The molecular weight excluding hydrogens is 274 g/mol. The second-order valence-corrected chi connectivity index (χ2v) is 5.74. The van der Waals surface area contributed by atoms with Crippen molar-refractivity contribution in [3.05, 3.63) is 71.8 Å². The number of carboxylic acids is 1. The van der Waals surface area contributed by atoms with Gasteiger partial charge in [-0.2, -0.15) is 0 Å². The van der Waals surface area contributed by atoms with Gasteiger partial charge >= 0.3 is 5.97 Å². The van der Waals surface area contributed by atoms with Crippen LogP contribution in [0.15, 0.2) is 60.7 Å². The average Bonchev–Trinajstić information content (AvgIpc) is 2.54. The maximum Gasteiger partial charge on any atom is 0.307 e. The summed E-state index contributed by atoms with van der Waals surface area (Å²) in [6.45, 7) is 5.25. The molecule has 0 saturated heterocycles. The lowest BCUT2D eigenvalue weighted by molar-refractivity contribution is -0.143. The zero-order valence-electron chi connectivity index (χ0n) is 13.1. The summed E-state index contributed by atoms with van der Waals surface area (Å²) in [4.78, 5) is 13.5. The van der Waals surface area contributed by atoms with Gasteiger partial charge in [-0.1, -0.05) is 67.6 Å². The van der Waals surface area contributed by atoms with Crippen LogP contribution in [0.5, 0.6) is 0 Å². The highest BCUT2D eigenvalue weighted by Gasteiger charge is 2.25. The molecule has 22 heavy (non-hydrogen) atoms. The topological polar surface area (TPSA) is 40.5 Å². The second-order valence-electron chi connectivity index (χ2n) is 5.74.